The SMILES string of the molecule is CCOc1ccc(NC(=O)CN2C(=O)N/C(=C\c3cc(Br)cc(Br)c3O)C2=O)cc1. The van der Waals surface area contributed by atoms with Crippen molar-refractivity contribution >= 4 is 61.5 Å². The fraction of sp³-hybridized carbons (Fsp3) is 0.150. The molecular formula is C20H17Br2N3O5. The van der Waals surface area contributed by atoms with Crippen molar-refractivity contribution in [3.8, 4) is 11.5 Å². The molecule has 30 heavy (non-hydrogen) atoms. The predicted octanol–water partition coefficient (Wildman–Crippen LogP) is 3.85. The molecule has 0 bridgehead atoms. The fourth-order valence-electron chi connectivity index (χ4n) is 2.71. The average molecular weight is 539 g/mol. The molecule has 4 amide bonds. The number of hydrogen-bond donors (Lipinski definition) is 3. The van der Waals surface area contributed by atoms with Crippen LogP contribution < -0.4 is 15.4 Å². The number of nitrogens with zero attached hydrogens (tertiary/aromatic N) is 1. The molecule has 2 aromatic rings. The first-order valence-electron chi connectivity index (χ1n) is 8.83. The Bertz CT molecular complexity index is 1040. The van der Waals surface area contributed by atoms with Crippen LogP contribution in [-0.2, 0) is 9.59 Å². The second kappa shape index (κ2) is 9.31. The minimum Gasteiger partial charge on any atom is -0.506 e. The van der Waals surface area contributed by atoms with Crippen LogP contribution in [0.25, 0.3) is 6.08 Å². The minimum atomic E-state index is -0.721. The van der Waals surface area contributed by atoms with Gasteiger partial charge in [0.2, 0.25) is 5.91 Å². The number of phenolic OH excluding ortho intramolecular Hbond substituents is 1. The van der Waals surface area contributed by atoms with Crippen LogP contribution in [-0.4, -0.2) is 41.0 Å². The Labute approximate surface area is 189 Å². The van der Waals surface area contributed by atoms with Gasteiger partial charge in [0.25, 0.3) is 5.91 Å². The first kappa shape index (κ1) is 21.8. The summed E-state index contributed by atoms with van der Waals surface area (Å²) in [6.45, 7) is 1.94. The number of ether oxygens (including phenoxy) is 1. The third-order valence-corrected chi connectivity index (χ3v) is 5.13. The molecule has 0 saturated carbocycles. The number of imide groups is 1. The summed E-state index contributed by atoms with van der Waals surface area (Å²) in [5.74, 6) is -0.615. The molecular weight excluding hydrogens is 522 g/mol. The van der Waals surface area contributed by atoms with Crippen molar-refractivity contribution < 1.29 is 24.2 Å². The highest BCUT2D eigenvalue weighted by atomic mass is 79.9. The Balaban J connectivity index is 1.70. The van der Waals surface area contributed by atoms with Gasteiger partial charge in [0, 0.05) is 15.7 Å². The van der Waals surface area contributed by atoms with E-state index in [-0.39, 0.29) is 11.4 Å². The van der Waals surface area contributed by atoms with Gasteiger partial charge in [-0.1, -0.05) is 15.9 Å². The third-order valence-electron chi connectivity index (χ3n) is 4.07. The van der Waals surface area contributed by atoms with Crippen LogP contribution in [0.1, 0.15) is 12.5 Å². The van der Waals surface area contributed by atoms with E-state index in [0.717, 1.165) is 4.90 Å². The smallest absolute Gasteiger partial charge is 0.329 e. The zero-order valence-corrected chi connectivity index (χ0v) is 18.9. The molecule has 0 radical (unpaired) electrons. The number of rotatable bonds is 6. The van der Waals surface area contributed by atoms with Gasteiger partial charge in [-0.2, -0.15) is 0 Å². The van der Waals surface area contributed by atoms with Crippen molar-refractivity contribution in [2.45, 2.75) is 6.92 Å². The van der Waals surface area contributed by atoms with E-state index in [4.69, 9.17) is 4.74 Å². The Kier molecular flexibility index (Phi) is 6.78. The van der Waals surface area contributed by atoms with Crippen LogP contribution >= 0.6 is 31.9 Å². The van der Waals surface area contributed by atoms with Crippen LogP contribution in [0.3, 0.4) is 0 Å². The lowest BCUT2D eigenvalue weighted by Crippen LogP contribution is -2.38. The maximum Gasteiger partial charge on any atom is 0.329 e. The maximum atomic E-state index is 12.6. The molecule has 0 aliphatic carbocycles. The number of aromatic hydroxyl groups is 1. The molecule has 1 saturated heterocycles. The molecule has 1 fully saturated rings. The van der Waals surface area contributed by atoms with E-state index in [2.05, 4.69) is 42.5 Å². The van der Waals surface area contributed by atoms with Crippen molar-refractivity contribution in [1.29, 1.82) is 0 Å². The fourth-order valence-corrected chi connectivity index (χ4v) is 3.97. The van der Waals surface area contributed by atoms with Crippen LogP contribution in [0.2, 0.25) is 0 Å². The molecule has 2 aromatic carbocycles. The summed E-state index contributed by atoms with van der Waals surface area (Å²) in [4.78, 5) is 37.8. The molecule has 10 heteroatoms. The van der Waals surface area contributed by atoms with E-state index < -0.39 is 24.4 Å². The highest BCUT2D eigenvalue weighted by molar-refractivity contribution is 9.11. The van der Waals surface area contributed by atoms with Gasteiger partial charge in [-0.25, -0.2) is 9.69 Å². The minimum absolute atomic E-state index is 0.0471. The number of halogens is 2. The van der Waals surface area contributed by atoms with E-state index in [1.54, 1.807) is 36.4 Å². The summed E-state index contributed by atoms with van der Waals surface area (Å²) in [5.41, 5.74) is 0.782. The summed E-state index contributed by atoms with van der Waals surface area (Å²) < 4.78 is 6.43. The van der Waals surface area contributed by atoms with Crippen molar-refractivity contribution in [1.82, 2.24) is 10.2 Å². The van der Waals surface area contributed by atoms with E-state index >= 15 is 0 Å². The predicted molar refractivity (Wildman–Crippen MR) is 118 cm³/mol. The average Bonchev–Trinajstić information content (AvgIpc) is 2.95. The number of carbonyl (C=O) groups excluding carboxylic acids is 3. The van der Waals surface area contributed by atoms with Crippen molar-refractivity contribution in [3.63, 3.8) is 0 Å². The summed E-state index contributed by atoms with van der Waals surface area (Å²) in [6.07, 6.45) is 1.34. The molecule has 1 heterocycles. The first-order chi connectivity index (χ1) is 14.3. The highest BCUT2D eigenvalue weighted by Crippen LogP contribution is 2.33. The molecule has 1 aliphatic rings. The van der Waals surface area contributed by atoms with Gasteiger partial charge >= 0.3 is 6.03 Å². The molecule has 156 valence electrons. The number of amides is 4. The van der Waals surface area contributed by atoms with Crippen LogP contribution in [0.4, 0.5) is 10.5 Å². The van der Waals surface area contributed by atoms with Crippen LogP contribution in [0.5, 0.6) is 11.5 Å². The summed E-state index contributed by atoms with van der Waals surface area (Å²) in [5, 5.41) is 15.2. The Morgan fingerprint density at radius 2 is 1.93 bits per heavy atom. The van der Waals surface area contributed by atoms with Gasteiger partial charge in [-0.05, 0) is 65.3 Å². The zero-order valence-electron chi connectivity index (χ0n) is 15.7. The number of benzene rings is 2. The lowest BCUT2D eigenvalue weighted by molar-refractivity contribution is -0.127. The number of urea groups is 1. The van der Waals surface area contributed by atoms with E-state index in [1.807, 2.05) is 6.92 Å². The van der Waals surface area contributed by atoms with Gasteiger partial charge in [-0.3, -0.25) is 9.59 Å². The number of hydrogen-bond acceptors (Lipinski definition) is 5. The Morgan fingerprint density at radius 1 is 1.23 bits per heavy atom. The molecule has 3 rings (SSSR count). The van der Waals surface area contributed by atoms with Crippen molar-refractivity contribution in [2.24, 2.45) is 0 Å². The number of anilines is 1. The second-order valence-electron chi connectivity index (χ2n) is 6.21. The molecule has 0 unspecified atom stereocenters. The Morgan fingerprint density at radius 3 is 2.60 bits per heavy atom. The van der Waals surface area contributed by atoms with Crippen molar-refractivity contribution in [2.75, 3.05) is 18.5 Å². The largest absolute Gasteiger partial charge is 0.506 e. The van der Waals surface area contributed by atoms with Crippen molar-refractivity contribution in [3.05, 3.63) is 56.6 Å². The van der Waals surface area contributed by atoms with Gasteiger partial charge in [0.05, 0.1) is 11.1 Å². The lowest BCUT2D eigenvalue weighted by atomic mass is 10.1. The number of carbonyl (C=O) groups is 3. The number of phenols is 1. The van der Waals surface area contributed by atoms with Crippen LogP contribution in [0, 0.1) is 0 Å². The lowest BCUT2D eigenvalue weighted by Gasteiger charge is -2.12. The Hall–Kier alpha value is -2.85. The summed E-state index contributed by atoms with van der Waals surface area (Å²) >= 11 is 6.51. The zero-order chi connectivity index (χ0) is 21.8. The maximum absolute atomic E-state index is 12.6. The molecule has 0 aromatic heterocycles. The summed E-state index contributed by atoms with van der Waals surface area (Å²) in [6, 6.07) is 9.24. The van der Waals surface area contributed by atoms with E-state index in [0.29, 0.717) is 32.6 Å². The quantitative estimate of drug-likeness (QED) is 0.382. The van der Waals surface area contributed by atoms with E-state index in [1.165, 1.54) is 6.08 Å². The molecule has 1 aliphatic heterocycles. The third kappa shape index (κ3) is 5.00. The van der Waals surface area contributed by atoms with Crippen LogP contribution in [0.15, 0.2) is 51.0 Å². The number of nitrogens with one attached hydrogen (secondary N) is 2. The van der Waals surface area contributed by atoms with Gasteiger partial charge in [0.15, 0.2) is 0 Å². The first-order valence-corrected chi connectivity index (χ1v) is 10.4. The standard InChI is InChI=1S/C20H17Br2N3O5/c1-2-30-14-5-3-13(4-6-14)23-17(26)10-25-19(28)16(24-20(25)29)8-11-7-12(21)9-15(22)18(11)27/h3-9,27H,2,10H2,1H3,(H,23,26)(H,24,29)/b16-8-. The normalized spacial score (nSPS) is 14.8. The highest BCUT2D eigenvalue weighted by Gasteiger charge is 2.35. The molecule has 0 spiro atoms. The van der Waals surface area contributed by atoms with E-state index in [9.17, 15) is 19.5 Å². The van der Waals surface area contributed by atoms with Gasteiger partial charge < -0.3 is 20.5 Å². The van der Waals surface area contributed by atoms with Gasteiger partial charge in [-0.15, -0.1) is 0 Å². The molecule has 0 atom stereocenters. The monoisotopic (exact) mass is 537 g/mol. The molecule has 8 nitrogen and oxygen atoms in total. The molecule has 3 N–H and O–H groups in total. The van der Waals surface area contributed by atoms with Gasteiger partial charge in [0.1, 0.15) is 23.7 Å². The summed E-state index contributed by atoms with van der Waals surface area (Å²) in [7, 11) is 0. The topological polar surface area (TPSA) is 108 Å². The second-order valence-corrected chi connectivity index (χ2v) is 7.98.